The van der Waals surface area contributed by atoms with Crippen LogP contribution in [0.4, 0.5) is 0 Å². The lowest BCUT2D eigenvalue weighted by atomic mass is 9.91. The first-order chi connectivity index (χ1) is 16.1. The van der Waals surface area contributed by atoms with Crippen LogP contribution in [0.25, 0.3) is 22.0 Å². The average molecular weight is 440 g/mol. The van der Waals surface area contributed by atoms with Gasteiger partial charge in [0.1, 0.15) is 11.4 Å². The molecule has 0 saturated carbocycles. The molecule has 1 aliphatic carbocycles. The molecule has 0 atom stereocenters. The monoisotopic (exact) mass is 439 g/mol. The highest BCUT2D eigenvalue weighted by atomic mass is 16.5. The van der Waals surface area contributed by atoms with Crippen molar-refractivity contribution in [1.82, 2.24) is 4.98 Å². The summed E-state index contributed by atoms with van der Waals surface area (Å²) in [5.41, 5.74) is 8.10. The number of aryl methyl sites for hydroxylation is 3. The van der Waals surface area contributed by atoms with Gasteiger partial charge in [0.05, 0.1) is 12.1 Å². The van der Waals surface area contributed by atoms with Crippen LogP contribution in [0.1, 0.15) is 52.0 Å². The third-order valence-corrected chi connectivity index (χ3v) is 6.77. The number of para-hydroxylation sites is 1. The van der Waals surface area contributed by atoms with E-state index in [4.69, 9.17) is 4.74 Å². The van der Waals surface area contributed by atoms with Crippen molar-refractivity contribution in [3.63, 3.8) is 0 Å². The molecular formula is C29H29NO3. The summed E-state index contributed by atoms with van der Waals surface area (Å²) >= 11 is 0. The van der Waals surface area contributed by atoms with Gasteiger partial charge >= 0.3 is 5.97 Å². The highest BCUT2D eigenvalue weighted by Gasteiger charge is 2.20. The summed E-state index contributed by atoms with van der Waals surface area (Å²) in [5, 5.41) is 10.9. The number of carbonyl (C=O) groups is 1. The first-order valence-corrected chi connectivity index (χ1v) is 11.8. The molecule has 1 aliphatic rings. The quantitative estimate of drug-likeness (QED) is 0.314. The van der Waals surface area contributed by atoms with Crippen LogP contribution in [0, 0.1) is 6.92 Å². The van der Waals surface area contributed by atoms with E-state index in [0.29, 0.717) is 13.0 Å². The van der Waals surface area contributed by atoms with Gasteiger partial charge < -0.3 is 14.8 Å². The number of carboxylic acid groups (broad SMARTS) is 1. The van der Waals surface area contributed by atoms with Gasteiger partial charge in [0.15, 0.2) is 0 Å². The molecule has 33 heavy (non-hydrogen) atoms. The van der Waals surface area contributed by atoms with Crippen LogP contribution in [0.15, 0.2) is 60.7 Å². The number of rotatable bonds is 7. The number of benzene rings is 3. The lowest BCUT2D eigenvalue weighted by Crippen LogP contribution is -2.08. The van der Waals surface area contributed by atoms with Gasteiger partial charge in [-0.3, -0.25) is 0 Å². The minimum absolute atomic E-state index is 0.281. The molecule has 0 amide bonds. The summed E-state index contributed by atoms with van der Waals surface area (Å²) in [6.45, 7) is 2.65. The highest BCUT2D eigenvalue weighted by Crippen LogP contribution is 2.34. The van der Waals surface area contributed by atoms with Crippen LogP contribution >= 0.6 is 0 Å². The van der Waals surface area contributed by atoms with Gasteiger partial charge in [-0.25, -0.2) is 4.79 Å². The minimum Gasteiger partial charge on any atom is -0.493 e. The Balaban J connectivity index is 1.39. The second-order valence-corrected chi connectivity index (χ2v) is 8.88. The van der Waals surface area contributed by atoms with E-state index in [1.54, 1.807) is 0 Å². The van der Waals surface area contributed by atoms with Crippen molar-refractivity contribution < 1.29 is 14.6 Å². The van der Waals surface area contributed by atoms with Crippen LogP contribution in [-0.2, 0) is 19.3 Å². The van der Waals surface area contributed by atoms with Crippen LogP contribution < -0.4 is 4.74 Å². The molecule has 3 aromatic carbocycles. The summed E-state index contributed by atoms with van der Waals surface area (Å²) < 4.78 is 6.17. The number of hydrogen-bond acceptors (Lipinski definition) is 2. The Bertz CT molecular complexity index is 1320. The highest BCUT2D eigenvalue weighted by molar-refractivity contribution is 6.03. The fourth-order valence-electron chi connectivity index (χ4n) is 5.13. The van der Waals surface area contributed by atoms with Crippen LogP contribution in [0.5, 0.6) is 5.75 Å². The molecule has 4 heteroatoms. The maximum Gasteiger partial charge on any atom is 0.352 e. The molecule has 0 spiro atoms. The maximum atomic E-state index is 12.1. The molecule has 4 nitrogen and oxygen atoms in total. The number of fused-ring (bicyclic) bond motifs is 2. The second kappa shape index (κ2) is 9.14. The van der Waals surface area contributed by atoms with Crippen molar-refractivity contribution in [2.75, 3.05) is 6.61 Å². The predicted molar refractivity (Wildman–Crippen MR) is 132 cm³/mol. The molecule has 1 aromatic heterocycles. The fraction of sp³-hybridized carbons (Fsp3) is 0.276. The van der Waals surface area contributed by atoms with Gasteiger partial charge in [-0.15, -0.1) is 0 Å². The molecule has 0 fully saturated rings. The molecule has 1 heterocycles. The van der Waals surface area contributed by atoms with Crippen molar-refractivity contribution in [2.24, 2.45) is 0 Å². The molecule has 168 valence electrons. The Morgan fingerprint density at radius 2 is 1.76 bits per heavy atom. The average Bonchev–Trinajstić information content (AvgIpc) is 3.21. The first-order valence-electron chi connectivity index (χ1n) is 11.8. The number of H-pyrrole nitrogens is 1. The molecule has 4 aromatic rings. The van der Waals surface area contributed by atoms with Crippen molar-refractivity contribution in [1.29, 1.82) is 0 Å². The van der Waals surface area contributed by atoms with E-state index in [9.17, 15) is 9.90 Å². The van der Waals surface area contributed by atoms with E-state index in [-0.39, 0.29) is 5.69 Å². The summed E-state index contributed by atoms with van der Waals surface area (Å²) in [6, 6.07) is 20.6. The number of aromatic nitrogens is 1. The molecule has 0 aliphatic heterocycles. The Labute approximate surface area is 194 Å². The lowest BCUT2D eigenvalue weighted by molar-refractivity contribution is 0.0690. The molecule has 0 radical (unpaired) electrons. The van der Waals surface area contributed by atoms with Crippen LogP contribution in [0.2, 0.25) is 0 Å². The smallest absolute Gasteiger partial charge is 0.352 e. The normalized spacial score (nSPS) is 13.1. The Morgan fingerprint density at radius 1 is 0.970 bits per heavy atom. The number of aromatic carboxylic acids is 1. The number of carboxylic acids is 1. The molecular weight excluding hydrogens is 410 g/mol. The van der Waals surface area contributed by atoms with E-state index >= 15 is 0 Å². The zero-order valence-corrected chi connectivity index (χ0v) is 19.0. The lowest BCUT2D eigenvalue weighted by Gasteiger charge is -2.19. The third kappa shape index (κ3) is 4.13. The number of nitrogens with one attached hydrogen (secondary N) is 1. The molecule has 0 unspecified atom stereocenters. The topological polar surface area (TPSA) is 62.3 Å². The Morgan fingerprint density at radius 3 is 2.61 bits per heavy atom. The largest absolute Gasteiger partial charge is 0.493 e. The van der Waals surface area contributed by atoms with Gasteiger partial charge in [0, 0.05) is 10.9 Å². The van der Waals surface area contributed by atoms with Gasteiger partial charge in [-0.05, 0) is 79.3 Å². The number of aromatic amines is 1. The van der Waals surface area contributed by atoms with Crippen LogP contribution in [0.3, 0.4) is 0 Å². The van der Waals surface area contributed by atoms with E-state index in [1.165, 1.54) is 24.0 Å². The summed E-state index contributed by atoms with van der Waals surface area (Å²) in [7, 11) is 0. The van der Waals surface area contributed by atoms with Gasteiger partial charge in [-0.1, -0.05) is 54.6 Å². The van der Waals surface area contributed by atoms with Gasteiger partial charge in [0.25, 0.3) is 0 Å². The fourth-order valence-corrected chi connectivity index (χ4v) is 5.13. The zero-order chi connectivity index (χ0) is 22.8. The summed E-state index contributed by atoms with van der Waals surface area (Å²) in [4.78, 5) is 15.3. The van der Waals surface area contributed by atoms with Gasteiger partial charge in [-0.2, -0.15) is 0 Å². The van der Waals surface area contributed by atoms with Crippen molar-refractivity contribution in [2.45, 2.75) is 45.4 Å². The van der Waals surface area contributed by atoms with Crippen molar-refractivity contribution in [3.05, 3.63) is 88.6 Å². The number of hydrogen-bond donors (Lipinski definition) is 2. The molecule has 2 N–H and O–H groups in total. The van der Waals surface area contributed by atoms with Crippen molar-refractivity contribution >= 4 is 16.9 Å². The van der Waals surface area contributed by atoms with E-state index in [0.717, 1.165) is 58.2 Å². The number of ether oxygens (including phenoxy) is 1. The van der Waals surface area contributed by atoms with Gasteiger partial charge in [0.2, 0.25) is 0 Å². The zero-order valence-electron chi connectivity index (χ0n) is 19.0. The van der Waals surface area contributed by atoms with Crippen LogP contribution in [-0.4, -0.2) is 22.7 Å². The van der Waals surface area contributed by atoms with E-state index < -0.39 is 5.97 Å². The van der Waals surface area contributed by atoms with E-state index in [2.05, 4.69) is 48.3 Å². The Kier molecular flexibility index (Phi) is 5.91. The second-order valence-electron chi connectivity index (χ2n) is 8.88. The predicted octanol–water partition coefficient (Wildman–Crippen LogP) is 6.73. The molecule has 0 saturated heterocycles. The summed E-state index contributed by atoms with van der Waals surface area (Å²) in [5.74, 6) is 0.0707. The molecule has 0 bridgehead atoms. The third-order valence-electron chi connectivity index (χ3n) is 6.77. The SMILES string of the molecule is Cc1ccccc1-c1cccc2c(CCCOc3cccc4c3CCCC4)c(C(=O)O)[nH]c12. The van der Waals surface area contributed by atoms with Crippen molar-refractivity contribution in [3.8, 4) is 16.9 Å². The standard InChI is InChI=1S/C29H29NO3/c1-19-9-2-4-12-21(19)23-14-7-15-24-25(28(29(31)32)30-27(23)24)16-8-18-33-26-17-6-11-20-10-3-5-13-22(20)26/h2,4,6-7,9,11-12,14-15,17,30H,3,5,8,10,13,16,18H2,1H3,(H,31,32). The summed E-state index contributed by atoms with van der Waals surface area (Å²) in [6.07, 6.45) is 6.08. The minimum atomic E-state index is -0.921. The molecule has 5 rings (SSSR count). The maximum absolute atomic E-state index is 12.1. The van der Waals surface area contributed by atoms with E-state index in [1.807, 2.05) is 24.3 Å². The first kappa shape index (κ1) is 21.3. The Hall–Kier alpha value is -3.53.